The van der Waals surface area contributed by atoms with Crippen LogP contribution in [0.5, 0.6) is 5.75 Å². The second-order valence-electron chi connectivity index (χ2n) is 11.5. The van der Waals surface area contributed by atoms with Crippen molar-refractivity contribution < 1.29 is 38.4 Å². The van der Waals surface area contributed by atoms with Crippen LogP contribution < -0.4 is 14.8 Å². The first-order valence-corrected chi connectivity index (χ1v) is 16.1. The number of alkyl carbamates (subject to hydrolysis) is 1. The highest BCUT2D eigenvalue weighted by molar-refractivity contribution is 7.89. The van der Waals surface area contributed by atoms with Crippen LogP contribution in [0, 0.1) is 0 Å². The Morgan fingerprint density at radius 1 is 1.20 bits per heavy atom. The molecule has 9 nitrogen and oxygen atoms in total. The highest BCUT2D eigenvalue weighted by atomic mass is 35.5. The lowest BCUT2D eigenvalue weighted by Crippen LogP contribution is -2.33. The average Bonchev–Trinajstić information content (AvgIpc) is 3.95. The van der Waals surface area contributed by atoms with Crippen LogP contribution in [0.2, 0.25) is 6.43 Å². The molecule has 2 aromatic carbocycles. The van der Waals surface area contributed by atoms with Crippen molar-refractivity contribution in [3.05, 3.63) is 77.0 Å². The van der Waals surface area contributed by atoms with Crippen LogP contribution in [0.3, 0.4) is 0 Å². The van der Waals surface area contributed by atoms with Gasteiger partial charge in [-0.3, -0.25) is 4.98 Å². The van der Waals surface area contributed by atoms with Gasteiger partial charge in [0.25, 0.3) is 0 Å². The molecule has 2 fully saturated rings. The van der Waals surface area contributed by atoms with Crippen molar-refractivity contribution in [1.82, 2.24) is 15.0 Å². The van der Waals surface area contributed by atoms with Crippen LogP contribution >= 0.6 is 11.6 Å². The number of pyridine rings is 1. The Morgan fingerprint density at radius 2 is 1.95 bits per heavy atom. The molecule has 3 aromatic rings. The van der Waals surface area contributed by atoms with E-state index in [-0.39, 0.29) is 42.2 Å². The molecule has 0 bridgehead atoms. The molecular formula is C33H40ClN3O6S. The number of sulfonamides is 1. The fourth-order valence-electron chi connectivity index (χ4n) is 4.21. The zero-order valence-electron chi connectivity index (χ0n) is 32.7. The standard InChI is InChI=1S/C33H40ClN3O6S/c1-32(2,3)43-31(38)36-17-6-7-18-37-44(39,40)25-12-13-29(34)23(20-25)22-41-33(15-16-33)28-21-35-19-14-26(28)27-8-4-5-9-30(27)42-24-10-11-24/h4-5,8-9,12-14,19-21,24,37H,6-7,10-11,15-18,22H2,1-3H3,(H,36,38)/i12D,13D,15D2,20D,22D2/hD. The van der Waals surface area contributed by atoms with Crippen molar-refractivity contribution in [2.45, 2.75) is 88.0 Å². The number of hydrogen-bond acceptors (Lipinski definition) is 7. The highest BCUT2D eigenvalue weighted by Gasteiger charge is 2.48. The van der Waals surface area contributed by atoms with Gasteiger partial charge in [0.05, 0.1) is 30.0 Å². The Labute approximate surface area is 276 Å². The number of unbranched alkanes of at least 4 members (excludes halogenated alkanes) is 1. The van der Waals surface area contributed by atoms with Gasteiger partial charge in [-0.05, 0) is 101 Å². The van der Waals surface area contributed by atoms with E-state index in [9.17, 15) is 13.2 Å². The number of nitrogens with zero attached hydrogens (tertiary/aromatic N) is 1. The molecule has 2 N–H and O–H groups in total. The van der Waals surface area contributed by atoms with E-state index in [2.05, 4.69) is 10.3 Å². The quantitative estimate of drug-likeness (QED) is 0.186. The van der Waals surface area contributed by atoms with E-state index in [1.165, 1.54) is 12.4 Å². The molecule has 236 valence electrons. The third-order valence-electron chi connectivity index (χ3n) is 6.59. The van der Waals surface area contributed by atoms with Crippen LogP contribution in [0.15, 0.2) is 65.7 Å². The summed E-state index contributed by atoms with van der Waals surface area (Å²) in [5.41, 5.74) is -2.40. The smallest absolute Gasteiger partial charge is 0.407 e. The van der Waals surface area contributed by atoms with Crippen LogP contribution in [0.25, 0.3) is 11.1 Å². The van der Waals surface area contributed by atoms with Gasteiger partial charge in [0.1, 0.15) is 12.8 Å². The normalized spacial score (nSPS) is 22.3. The molecule has 1 amide bonds. The molecule has 11 heteroatoms. The number of nitrogens with one attached hydrogen (secondary N) is 2. The van der Waals surface area contributed by atoms with E-state index in [1.54, 1.807) is 51.1 Å². The number of amides is 1. The lowest BCUT2D eigenvalue weighted by atomic mass is 9.96. The predicted octanol–water partition coefficient (Wildman–Crippen LogP) is 6.73. The van der Waals surface area contributed by atoms with E-state index in [0.29, 0.717) is 16.9 Å². The molecule has 2 aliphatic carbocycles. The van der Waals surface area contributed by atoms with E-state index in [1.807, 2.05) is 0 Å². The van der Waals surface area contributed by atoms with E-state index < -0.39 is 80.4 Å². The minimum atomic E-state index is -4.99. The molecule has 1 atom stereocenters. The summed E-state index contributed by atoms with van der Waals surface area (Å²) in [7, 11) is -4.99. The Morgan fingerprint density at radius 3 is 2.68 bits per heavy atom. The number of benzene rings is 2. The van der Waals surface area contributed by atoms with Crippen molar-refractivity contribution in [2.75, 3.05) is 13.1 Å². The maximum absolute atomic E-state index is 13.6. The van der Waals surface area contributed by atoms with Crippen LogP contribution in [-0.4, -0.2) is 44.3 Å². The van der Waals surface area contributed by atoms with Gasteiger partial charge in [-0.15, -0.1) is 0 Å². The zero-order chi connectivity index (χ0) is 38.4. The molecule has 5 rings (SSSR count). The van der Waals surface area contributed by atoms with Gasteiger partial charge >= 0.3 is 6.09 Å². The van der Waals surface area contributed by atoms with E-state index in [4.69, 9.17) is 36.8 Å². The van der Waals surface area contributed by atoms with Gasteiger partial charge < -0.3 is 19.5 Å². The second-order valence-corrected chi connectivity index (χ2v) is 13.5. The third-order valence-corrected chi connectivity index (χ3v) is 8.12. The summed E-state index contributed by atoms with van der Waals surface area (Å²) in [5, 5.41) is 1.75. The summed E-state index contributed by atoms with van der Waals surface area (Å²) < 4.78 is 114. The number of para-hydroxylation sites is 1. The van der Waals surface area contributed by atoms with Gasteiger partial charge in [0.2, 0.25) is 10.0 Å². The molecular weight excluding hydrogens is 602 g/mol. The molecule has 2 saturated carbocycles. The minimum Gasteiger partial charge on any atom is -0.490 e. The summed E-state index contributed by atoms with van der Waals surface area (Å²) in [4.78, 5) is 14.9. The topological polar surface area (TPSA) is 116 Å². The van der Waals surface area contributed by atoms with Gasteiger partial charge in [-0.1, -0.05) is 29.8 Å². The molecule has 1 heterocycles. The SMILES string of the molecule is [2H]c1c([2H])c(S(=O)(=O)N([2H])CCCCNC(=O)OC(C)(C)C)c([2H])c(C([2H])([2H])OC2(c3cnccc3-c3ccccc3OC3CC3)CC2([2H])[2H])c1Cl. The first-order valence-electron chi connectivity index (χ1n) is 18.3. The van der Waals surface area contributed by atoms with Crippen molar-refractivity contribution in [3.8, 4) is 16.9 Å². The monoisotopic (exact) mass is 649 g/mol. The Bertz CT molecular complexity index is 1960. The summed E-state index contributed by atoms with van der Waals surface area (Å²) in [6.45, 7) is 1.59. The minimum absolute atomic E-state index is 0.0427. The number of carbonyl (C=O) groups is 1. The second kappa shape index (κ2) is 13.4. The Kier molecular flexibility index (Phi) is 7.09. The maximum Gasteiger partial charge on any atom is 0.407 e. The van der Waals surface area contributed by atoms with Gasteiger partial charge in [-0.25, -0.2) is 17.9 Å². The molecule has 0 radical (unpaired) electrons. The van der Waals surface area contributed by atoms with Gasteiger partial charge in [0, 0.05) is 44.4 Å². The fraction of sp³-hybridized carbons (Fsp3) is 0.455. The third kappa shape index (κ3) is 8.50. The molecule has 1 unspecified atom stereocenters. The van der Waals surface area contributed by atoms with Crippen molar-refractivity contribution in [2.24, 2.45) is 0 Å². The van der Waals surface area contributed by atoms with Crippen molar-refractivity contribution >= 4 is 27.7 Å². The molecule has 2 aliphatic rings. The van der Waals surface area contributed by atoms with Crippen LogP contribution in [0.4, 0.5) is 4.79 Å². The number of rotatable bonds is 14. The lowest BCUT2D eigenvalue weighted by Gasteiger charge is -2.22. The van der Waals surface area contributed by atoms with Crippen LogP contribution in [-0.2, 0) is 31.7 Å². The molecule has 1 aromatic heterocycles. The Balaban J connectivity index is 1.45. The predicted molar refractivity (Wildman–Crippen MR) is 169 cm³/mol. The number of carbonyl (C=O) groups excluding carboxylic acids is 1. The average molecular weight is 650 g/mol. The number of hydrogen-bond donors (Lipinski definition) is 2. The summed E-state index contributed by atoms with van der Waals surface area (Å²) in [5.74, 6) is 0.535. The number of halogens is 1. The van der Waals surface area contributed by atoms with E-state index in [0.717, 1.165) is 12.8 Å². The van der Waals surface area contributed by atoms with Crippen LogP contribution in [0.1, 0.15) is 80.0 Å². The fourth-order valence-corrected chi connectivity index (χ4v) is 5.25. The molecule has 0 aliphatic heterocycles. The van der Waals surface area contributed by atoms with Gasteiger partial charge in [0.15, 0.2) is 0 Å². The summed E-state index contributed by atoms with van der Waals surface area (Å²) in [6, 6.07) is 5.70. The summed E-state index contributed by atoms with van der Waals surface area (Å²) in [6.07, 6.45) is 1.83. The largest absolute Gasteiger partial charge is 0.490 e. The number of aromatic nitrogens is 1. The first-order chi connectivity index (χ1) is 24.1. The first kappa shape index (κ1) is 23.2. The molecule has 0 saturated heterocycles. The van der Waals surface area contributed by atoms with E-state index >= 15 is 0 Å². The van der Waals surface area contributed by atoms with Gasteiger partial charge in [-0.2, -0.15) is 0 Å². The van der Waals surface area contributed by atoms with Crippen molar-refractivity contribution in [3.63, 3.8) is 0 Å². The highest BCUT2D eigenvalue weighted by Crippen LogP contribution is 2.53. The molecule has 44 heavy (non-hydrogen) atoms. The maximum atomic E-state index is 13.6. The molecule has 0 spiro atoms. The lowest BCUT2D eigenvalue weighted by molar-refractivity contribution is 0.0173. The van der Waals surface area contributed by atoms with Crippen molar-refractivity contribution in [1.29, 1.82) is 0 Å². The summed E-state index contributed by atoms with van der Waals surface area (Å²) >= 11 is 6.37. The zero-order valence-corrected chi connectivity index (χ0v) is 26.3. The Hall–Kier alpha value is -3.18. The number of ether oxygens (including phenoxy) is 3.